The molecular weight excluding hydrogens is 268 g/mol. The van der Waals surface area contributed by atoms with Gasteiger partial charge in [-0.15, -0.1) is 11.8 Å². The van der Waals surface area contributed by atoms with Crippen molar-refractivity contribution in [2.45, 2.75) is 18.7 Å². The van der Waals surface area contributed by atoms with Crippen LogP contribution in [0.5, 0.6) is 0 Å². The van der Waals surface area contributed by atoms with Gasteiger partial charge in [0, 0.05) is 22.2 Å². The lowest BCUT2D eigenvalue weighted by Crippen LogP contribution is -2.07. The van der Waals surface area contributed by atoms with Crippen LogP contribution in [0.15, 0.2) is 29.3 Å². The van der Waals surface area contributed by atoms with Gasteiger partial charge in [0.05, 0.1) is 17.4 Å². The fraction of sp³-hybridized carbons (Fsp3) is 0.231. The second-order valence-corrected chi connectivity index (χ2v) is 5.49. The van der Waals surface area contributed by atoms with Gasteiger partial charge in [-0.25, -0.2) is 0 Å². The molecule has 1 N–H and O–H groups in total. The van der Waals surface area contributed by atoms with E-state index in [1.54, 1.807) is 18.0 Å². The highest BCUT2D eigenvalue weighted by Crippen LogP contribution is 2.34. The highest BCUT2D eigenvalue weighted by Gasteiger charge is 2.10. The Bertz CT molecular complexity index is 601. The summed E-state index contributed by atoms with van der Waals surface area (Å²) in [6.45, 7) is 3.57. The maximum absolute atomic E-state index is 11.2. The molecule has 1 aromatic heterocycles. The van der Waals surface area contributed by atoms with Crippen LogP contribution in [0.2, 0.25) is 5.02 Å². The summed E-state index contributed by atoms with van der Waals surface area (Å²) in [5, 5.41) is 4.48. The minimum absolute atomic E-state index is 0.0944. The van der Waals surface area contributed by atoms with Crippen LogP contribution in [0, 0.1) is 0 Å². The molecule has 94 valence electrons. The number of halogens is 1. The molecule has 0 radical (unpaired) electrons. The molecule has 0 spiro atoms. The number of hydrogen-bond donors (Lipinski definition) is 1. The number of amides is 1. The van der Waals surface area contributed by atoms with E-state index in [0.717, 1.165) is 27.2 Å². The second-order valence-electron chi connectivity index (χ2n) is 3.78. The normalized spacial score (nSPS) is 10.6. The number of aromatic nitrogens is 1. The number of anilines is 1. The molecule has 0 unspecified atom stereocenters. The average Bonchev–Trinajstić information content (AvgIpc) is 2.31. The van der Waals surface area contributed by atoms with Gasteiger partial charge in [-0.2, -0.15) is 0 Å². The van der Waals surface area contributed by atoms with Gasteiger partial charge in [-0.3, -0.25) is 9.78 Å². The van der Waals surface area contributed by atoms with Gasteiger partial charge >= 0.3 is 0 Å². The van der Waals surface area contributed by atoms with E-state index in [1.165, 1.54) is 6.92 Å². The van der Waals surface area contributed by atoms with Crippen molar-refractivity contribution in [3.8, 4) is 0 Å². The predicted octanol–water partition coefficient (Wildman–Crippen LogP) is 3.96. The monoisotopic (exact) mass is 280 g/mol. The molecule has 18 heavy (non-hydrogen) atoms. The first-order chi connectivity index (χ1) is 8.61. The highest BCUT2D eigenvalue weighted by molar-refractivity contribution is 7.99. The summed E-state index contributed by atoms with van der Waals surface area (Å²) in [5.74, 6) is 0.831. The molecule has 0 aliphatic rings. The molecule has 1 amide bonds. The quantitative estimate of drug-likeness (QED) is 0.866. The molecule has 0 fully saturated rings. The minimum atomic E-state index is -0.0944. The van der Waals surface area contributed by atoms with E-state index in [2.05, 4.69) is 17.2 Å². The minimum Gasteiger partial charge on any atom is -0.324 e. The topological polar surface area (TPSA) is 42.0 Å². The van der Waals surface area contributed by atoms with Crippen LogP contribution in [0.4, 0.5) is 5.69 Å². The first kappa shape index (κ1) is 13.2. The van der Waals surface area contributed by atoms with Crippen molar-refractivity contribution in [1.82, 2.24) is 4.98 Å². The zero-order valence-corrected chi connectivity index (χ0v) is 11.7. The zero-order chi connectivity index (χ0) is 13.1. The van der Waals surface area contributed by atoms with E-state index in [-0.39, 0.29) is 5.91 Å². The van der Waals surface area contributed by atoms with Gasteiger partial charge in [-0.05, 0) is 17.9 Å². The maximum Gasteiger partial charge on any atom is 0.221 e. The second kappa shape index (κ2) is 5.59. The Hall–Kier alpha value is -1.26. The van der Waals surface area contributed by atoms with Crippen molar-refractivity contribution >= 4 is 45.9 Å². The lowest BCUT2D eigenvalue weighted by atomic mass is 10.2. The van der Waals surface area contributed by atoms with E-state index in [4.69, 9.17) is 11.6 Å². The van der Waals surface area contributed by atoms with Crippen LogP contribution in [0.1, 0.15) is 13.8 Å². The SMILES string of the molecule is CCSc1c(NC(C)=O)cnc2cc(Cl)ccc12. The molecule has 1 aromatic carbocycles. The van der Waals surface area contributed by atoms with Crippen molar-refractivity contribution in [1.29, 1.82) is 0 Å². The smallest absolute Gasteiger partial charge is 0.221 e. The Morgan fingerprint density at radius 3 is 2.94 bits per heavy atom. The molecule has 1 heterocycles. The molecule has 5 heteroatoms. The highest BCUT2D eigenvalue weighted by atomic mass is 35.5. The first-order valence-electron chi connectivity index (χ1n) is 5.60. The summed E-state index contributed by atoms with van der Waals surface area (Å²) in [7, 11) is 0. The number of fused-ring (bicyclic) bond motifs is 1. The molecule has 0 saturated heterocycles. The Balaban J connectivity index is 2.61. The van der Waals surface area contributed by atoms with Crippen LogP contribution in [-0.2, 0) is 4.79 Å². The third-order valence-electron chi connectivity index (χ3n) is 2.38. The number of benzene rings is 1. The fourth-order valence-electron chi connectivity index (χ4n) is 1.72. The Labute approximate surface area is 115 Å². The van der Waals surface area contributed by atoms with Gasteiger partial charge in [0.1, 0.15) is 0 Å². The van der Waals surface area contributed by atoms with Crippen molar-refractivity contribution in [3.05, 3.63) is 29.4 Å². The summed E-state index contributed by atoms with van der Waals surface area (Å²) >= 11 is 7.64. The third kappa shape index (κ3) is 2.76. The number of carbonyl (C=O) groups excluding carboxylic acids is 1. The molecule has 0 aliphatic carbocycles. The van der Waals surface area contributed by atoms with Gasteiger partial charge in [0.15, 0.2) is 0 Å². The zero-order valence-electron chi connectivity index (χ0n) is 10.2. The van der Waals surface area contributed by atoms with E-state index in [0.29, 0.717) is 5.02 Å². The molecule has 0 aliphatic heterocycles. The Morgan fingerprint density at radius 1 is 1.50 bits per heavy atom. The van der Waals surface area contributed by atoms with E-state index < -0.39 is 0 Å². The number of hydrogen-bond acceptors (Lipinski definition) is 3. The maximum atomic E-state index is 11.2. The van der Waals surface area contributed by atoms with Gasteiger partial charge in [-0.1, -0.05) is 24.6 Å². The molecule has 3 nitrogen and oxygen atoms in total. The molecule has 0 saturated carbocycles. The summed E-state index contributed by atoms with van der Waals surface area (Å²) in [6.07, 6.45) is 1.68. The summed E-state index contributed by atoms with van der Waals surface area (Å²) in [6, 6.07) is 5.60. The molecular formula is C13H13ClN2OS. The number of rotatable bonds is 3. The summed E-state index contributed by atoms with van der Waals surface area (Å²) < 4.78 is 0. The van der Waals surface area contributed by atoms with Crippen LogP contribution >= 0.6 is 23.4 Å². The average molecular weight is 281 g/mol. The Morgan fingerprint density at radius 2 is 2.28 bits per heavy atom. The lowest BCUT2D eigenvalue weighted by Gasteiger charge is -2.11. The lowest BCUT2D eigenvalue weighted by molar-refractivity contribution is -0.114. The molecule has 0 bridgehead atoms. The fourth-order valence-corrected chi connectivity index (χ4v) is 2.76. The first-order valence-corrected chi connectivity index (χ1v) is 6.97. The van der Waals surface area contributed by atoms with E-state index >= 15 is 0 Å². The van der Waals surface area contributed by atoms with E-state index in [1.807, 2.05) is 18.2 Å². The molecule has 0 atom stereocenters. The van der Waals surface area contributed by atoms with Crippen LogP contribution in [-0.4, -0.2) is 16.6 Å². The van der Waals surface area contributed by atoms with Crippen molar-refractivity contribution < 1.29 is 4.79 Å². The number of carbonyl (C=O) groups is 1. The predicted molar refractivity (Wildman–Crippen MR) is 77.5 cm³/mol. The van der Waals surface area contributed by atoms with Gasteiger partial charge in [0.2, 0.25) is 5.91 Å². The van der Waals surface area contributed by atoms with Crippen molar-refractivity contribution in [3.63, 3.8) is 0 Å². The van der Waals surface area contributed by atoms with Crippen LogP contribution in [0.25, 0.3) is 10.9 Å². The standard InChI is InChI=1S/C13H13ClN2OS/c1-3-18-13-10-5-4-9(14)6-11(10)15-7-12(13)16-8(2)17/h4-7H,3H2,1-2H3,(H,16,17). The summed E-state index contributed by atoms with van der Waals surface area (Å²) in [4.78, 5) is 16.6. The largest absolute Gasteiger partial charge is 0.324 e. The van der Waals surface area contributed by atoms with Crippen molar-refractivity contribution in [2.75, 3.05) is 11.1 Å². The van der Waals surface area contributed by atoms with E-state index in [9.17, 15) is 4.79 Å². The van der Waals surface area contributed by atoms with Gasteiger partial charge in [0.25, 0.3) is 0 Å². The number of thioether (sulfide) groups is 1. The number of nitrogens with one attached hydrogen (secondary N) is 1. The van der Waals surface area contributed by atoms with Gasteiger partial charge < -0.3 is 5.32 Å². The summed E-state index contributed by atoms with van der Waals surface area (Å²) in [5.41, 5.74) is 1.59. The molecule has 2 aromatic rings. The number of pyridine rings is 1. The van der Waals surface area contributed by atoms with Crippen LogP contribution < -0.4 is 5.32 Å². The molecule has 2 rings (SSSR count). The van der Waals surface area contributed by atoms with Crippen LogP contribution in [0.3, 0.4) is 0 Å². The van der Waals surface area contributed by atoms with Crippen molar-refractivity contribution in [2.24, 2.45) is 0 Å². The third-order valence-corrected chi connectivity index (χ3v) is 3.63. The number of nitrogens with zero attached hydrogens (tertiary/aromatic N) is 1. The Kier molecular flexibility index (Phi) is 4.09.